The molecule has 6 nitrogen and oxygen atoms in total. The van der Waals surface area contributed by atoms with Gasteiger partial charge in [0.2, 0.25) is 0 Å². The van der Waals surface area contributed by atoms with Gasteiger partial charge in [0.05, 0.1) is 12.5 Å². The van der Waals surface area contributed by atoms with Crippen LogP contribution in [0, 0.1) is 0 Å². The first-order valence-electron chi connectivity index (χ1n) is 7.20. The molecule has 0 N–H and O–H groups in total. The fourth-order valence-electron chi connectivity index (χ4n) is 2.79. The molecule has 0 aliphatic heterocycles. The van der Waals surface area contributed by atoms with Gasteiger partial charge in [-0.1, -0.05) is 17.3 Å². The summed E-state index contributed by atoms with van der Waals surface area (Å²) in [6.45, 7) is 0. The Morgan fingerprint density at radius 1 is 1.27 bits per heavy atom. The van der Waals surface area contributed by atoms with E-state index in [9.17, 15) is 0 Å². The molecular weight excluding hydrogens is 280 g/mol. The maximum atomic E-state index is 5.44. The van der Waals surface area contributed by atoms with E-state index in [-0.39, 0.29) is 5.41 Å². The molecule has 1 aliphatic rings. The average molecular weight is 296 g/mol. The van der Waals surface area contributed by atoms with Gasteiger partial charge in [-0.2, -0.15) is 10.1 Å². The van der Waals surface area contributed by atoms with Crippen molar-refractivity contribution in [2.45, 2.75) is 18.3 Å². The van der Waals surface area contributed by atoms with Crippen LogP contribution in [-0.4, -0.2) is 27.0 Å². The van der Waals surface area contributed by atoms with Gasteiger partial charge in [-0.3, -0.25) is 4.68 Å². The fraction of sp³-hybridized carbons (Fsp3) is 0.312. The van der Waals surface area contributed by atoms with E-state index in [0.717, 1.165) is 30.1 Å². The van der Waals surface area contributed by atoms with Crippen LogP contribution >= 0.6 is 0 Å². The number of ether oxygens (including phenoxy) is 1. The normalized spacial score (nSPS) is 15.7. The summed E-state index contributed by atoms with van der Waals surface area (Å²) < 4.78 is 12.5. The van der Waals surface area contributed by atoms with Crippen LogP contribution in [0.5, 0.6) is 5.75 Å². The van der Waals surface area contributed by atoms with E-state index < -0.39 is 0 Å². The summed E-state index contributed by atoms with van der Waals surface area (Å²) in [5, 5.41) is 8.34. The second kappa shape index (κ2) is 4.69. The van der Waals surface area contributed by atoms with Gasteiger partial charge in [-0.15, -0.1) is 0 Å². The molecule has 1 saturated carbocycles. The van der Waals surface area contributed by atoms with E-state index in [1.807, 2.05) is 31.3 Å². The second-order valence-corrected chi connectivity index (χ2v) is 5.58. The monoisotopic (exact) mass is 296 g/mol. The minimum absolute atomic E-state index is 0.144. The number of methoxy groups -OCH3 is 1. The third-order valence-corrected chi connectivity index (χ3v) is 4.27. The summed E-state index contributed by atoms with van der Waals surface area (Å²) in [4.78, 5) is 4.60. The molecule has 3 aromatic rings. The Balaban J connectivity index is 1.72. The Hall–Kier alpha value is -2.63. The Morgan fingerprint density at radius 3 is 2.82 bits per heavy atom. The second-order valence-electron chi connectivity index (χ2n) is 5.58. The van der Waals surface area contributed by atoms with Gasteiger partial charge >= 0.3 is 0 Å². The number of aryl methyl sites for hydroxylation is 1. The molecule has 0 bridgehead atoms. The first kappa shape index (κ1) is 13.1. The van der Waals surface area contributed by atoms with Gasteiger partial charge in [0.25, 0.3) is 5.89 Å². The lowest BCUT2D eigenvalue weighted by Gasteiger charge is -2.12. The van der Waals surface area contributed by atoms with Gasteiger partial charge in [0.15, 0.2) is 5.82 Å². The summed E-state index contributed by atoms with van der Waals surface area (Å²) in [6, 6.07) is 9.94. The lowest BCUT2D eigenvalue weighted by molar-refractivity contribution is 0.410. The van der Waals surface area contributed by atoms with Crippen LogP contribution in [-0.2, 0) is 12.5 Å². The highest BCUT2D eigenvalue weighted by Crippen LogP contribution is 2.53. The predicted molar refractivity (Wildman–Crippen MR) is 79.5 cm³/mol. The van der Waals surface area contributed by atoms with Crippen LogP contribution in [0.3, 0.4) is 0 Å². The lowest BCUT2D eigenvalue weighted by atomic mass is 9.95. The molecule has 0 amide bonds. The van der Waals surface area contributed by atoms with Crippen molar-refractivity contribution in [3.63, 3.8) is 0 Å². The molecule has 112 valence electrons. The van der Waals surface area contributed by atoms with Crippen molar-refractivity contribution in [3.8, 4) is 17.3 Å². The van der Waals surface area contributed by atoms with Crippen molar-refractivity contribution in [1.29, 1.82) is 0 Å². The number of nitrogens with zero attached hydrogens (tertiary/aromatic N) is 4. The smallest absolute Gasteiger partial charge is 0.276 e. The van der Waals surface area contributed by atoms with Crippen LogP contribution in [0.2, 0.25) is 0 Å². The number of aromatic nitrogens is 4. The largest absolute Gasteiger partial charge is 0.497 e. The predicted octanol–water partition coefficient (Wildman–Crippen LogP) is 2.56. The van der Waals surface area contributed by atoms with Crippen molar-refractivity contribution in [2.75, 3.05) is 7.11 Å². The van der Waals surface area contributed by atoms with E-state index in [1.54, 1.807) is 18.0 Å². The Labute approximate surface area is 127 Å². The topological polar surface area (TPSA) is 66.0 Å². The minimum Gasteiger partial charge on any atom is -0.497 e. The standard InChI is InChI=1S/C16H16N4O2/c1-20-13(6-9-17-20)14-18-15(19-22-14)16(7-8-16)11-4-3-5-12(10-11)21-2/h3-6,9-10H,7-8H2,1-2H3. The van der Waals surface area contributed by atoms with Gasteiger partial charge in [0.1, 0.15) is 11.4 Å². The SMILES string of the molecule is COc1cccc(C2(c3noc(-c4ccnn4C)n3)CC2)c1. The van der Waals surface area contributed by atoms with Crippen LogP contribution in [0.4, 0.5) is 0 Å². The highest BCUT2D eigenvalue weighted by Gasteiger charge is 2.50. The van der Waals surface area contributed by atoms with Crippen LogP contribution in [0.1, 0.15) is 24.2 Å². The number of rotatable bonds is 4. The van der Waals surface area contributed by atoms with E-state index in [1.165, 1.54) is 5.56 Å². The third kappa shape index (κ3) is 1.91. The molecule has 4 rings (SSSR count). The molecule has 1 aliphatic carbocycles. The van der Waals surface area contributed by atoms with E-state index >= 15 is 0 Å². The van der Waals surface area contributed by atoms with E-state index in [0.29, 0.717) is 5.89 Å². The van der Waals surface area contributed by atoms with Gasteiger partial charge in [-0.25, -0.2) is 0 Å². The van der Waals surface area contributed by atoms with Crippen molar-refractivity contribution >= 4 is 0 Å². The highest BCUT2D eigenvalue weighted by molar-refractivity contribution is 5.48. The Kier molecular flexibility index (Phi) is 2.79. The summed E-state index contributed by atoms with van der Waals surface area (Å²) in [6.07, 6.45) is 3.75. The molecule has 22 heavy (non-hydrogen) atoms. The maximum absolute atomic E-state index is 5.44. The zero-order valence-electron chi connectivity index (χ0n) is 12.5. The zero-order chi connectivity index (χ0) is 15.2. The average Bonchev–Trinajstić information content (AvgIpc) is 3.01. The molecule has 2 aromatic heterocycles. The molecule has 1 fully saturated rings. The zero-order valence-corrected chi connectivity index (χ0v) is 12.5. The molecule has 6 heteroatoms. The molecular formula is C16H16N4O2. The number of hydrogen-bond acceptors (Lipinski definition) is 5. The van der Waals surface area contributed by atoms with Gasteiger partial charge in [0, 0.05) is 13.2 Å². The van der Waals surface area contributed by atoms with Crippen molar-refractivity contribution in [3.05, 3.63) is 47.9 Å². The van der Waals surface area contributed by atoms with Crippen LogP contribution < -0.4 is 4.74 Å². The number of hydrogen-bond donors (Lipinski definition) is 0. The highest BCUT2D eigenvalue weighted by atomic mass is 16.5. The summed E-state index contributed by atoms with van der Waals surface area (Å²) in [5.74, 6) is 2.08. The molecule has 0 saturated heterocycles. The fourth-order valence-corrected chi connectivity index (χ4v) is 2.79. The van der Waals surface area contributed by atoms with Gasteiger partial charge < -0.3 is 9.26 Å². The minimum atomic E-state index is -0.144. The number of benzene rings is 1. The molecule has 0 spiro atoms. The third-order valence-electron chi connectivity index (χ3n) is 4.27. The van der Waals surface area contributed by atoms with Crippen LogP contribution in [0.25, 0.3) is 11.6 Å². The summed E-state index contributed by atoms with van der Waals surface area (Å²) in [7, 11) is 3.53. The van der Waals surface area contributed by atoms with Crippen molar-refractivity contribution in [2.24, 2.45) is 7.05 Å². The lowest BCUT2D eigenvalue weighted by Crippen LogP contribution is -2.11. The molecule has 0 unspecified atom stereocenters. The van der Waals surface area contributed by atoms with Gasteiger partial charge in [-0.05, 0) is 36.6 Å². The van der Waals surface area contributed by atoms with E-state index in [2.05, 4.69) is 21.3 Å². The first-order chi connectivity index (χ1) is 10.7. The van der Waals surface area contributed by atoms with Crippen molar-refractivity contribution in [1.82, 2.24) is 19.9 Å². The van der Waals surface area contributed by atoms with E-state index in [4.69, 9.17) is 9.26 Å². The molecule has 2 heterocycles. The molecule has 0 radical (unpaired) electrons. The van der Waals surface area contributed by atoms with Crippen LogP contribution in [0.15, 0.2) is 41.1 Å². The molecule has 1 aromatic carbocycles. The summed E-state index contributed by atoms with van der Waals surface area (Å²) >= 11 is 0. The Morgan fingerprint density at radius 2 is 2.14 bits per heavy atom. The Bertz CT molecular complexity index is 817. The quantitative estimate of drug-likeness (QED) is 0.740. The summed E-state index contributed by atoms with van der Waals surface area (Å²) in [5.41, 5.74) is 1.85. The first-order valence-corrected chi connectivity index (χ1v) is 7.20. The molecule has 0 atom stereocenters. The maximum Gasteiger partial charge on any atom is 0.276 e. The van der Waals surface area contributed by atoms with Crippen molar-refractivity contribution < 1.29 is 9.26 Å².